The Balaban J connectivity index is 2.55. The molecular formula is C13H21N3O3S. The molecule has 112 valence electrons. The maximum atomic E-state index is 11.8. The van der Waals surface area contributed by atoms with Gasteiger partial charge in [-0.15, -0.1) is 11.3 Å². The average molecular weight is 299 g/mol. The molecular weight excluding hydrogens is 278 g/mol. The van der Waals surface area contributed by atoms with Crippen molar-refractivity contribution in [2.75, 3.05) is 0 Å². The number of aryl methyl sites for hydroxylation is 1. The molecule has 0 aliphatic carbocycles. The molecule has 1 heterocycles. The second kappa shape index (κ2) is 7.23. The predicted octanol–water partition coefficient (Wildman–Crippen LogP) is 2.31. The minimum absolute atomic E-state index is 0.190. The molecule has 20 heavy (non-hydrogen) atoms. The van der Waals surface area contributed by atoms with E-state index in [-0.39, 0.29) is 12.0 Å². The number of amides is 2. The average Bonchev–Trinajstić information content (AvgIpc) is 2.74. The van der Waals surface area contributed by atoms with Crippen LogP contribution >= 0.6 is 11.3 Å². The molecule has 2 atom stereocenters. The number of thiazole rings is 1. The van der Waals surface area contributed by atoms with Gasteiger partial charge in [0, 0.05) is 11.1 Å². The third kappa shape index (κ3) is 5.16. The van der Waals surface area contributed by atoms with Gasteiger partial charge >= 0.3 is 12.0 Å². The molecule has 1 aromatic heterocycles. The highest BCUT2D eigenvalue weighted by atomic mass is 32.1. The van der Waals surface area contributed by atoms with Crippen LogP contribution in [0.5, 0.6) is 0 Å². The number of carbonyl (C=O) groups excluding carboxylic acids is 1. The molecule has 0 aliphatic heterocycles. The maximum absolute atomic E-state index is 11.8. The van der Waals surface area contributed by atoms with Crippen molar-refractivity contribution in [2.24, 2.45) is 5.92 Å². The van der Waals surface area contributed by atoms with Gasteiger partial charge in [0.25, 0.3) is 0 Å². The Kier molecular flexibility index (Phi) is 5.94. The highest BCUT2D eigenvalue weighted by molar-refractivity contribution is 7.09. The van der Waals surface area contributed by atoms with Crippen LogP contribution in [0.1, 0.15) is 43.9 Å². The number of nitrogens with one attached hydrogen (secondary N) is 2. The topological polar surface area (TPSA) is 91.3 Å². The zero-order chi connectivity index (χ0) is 15.3. The smallest absolute Gasteiger partial charge is 0.326 e. The van der Waals surface area contributed by atoms with Crippen LogP contribution in [-0.2, 0) is 4.79 Å². The van der Waals surface area contributed by atoms with E-state index in [1.807, 2.05) is 33.1 Å². The molecule has 0 aliphatic rings. The largest absolute Gasteiger partial charge is 0.480 e. The van der Waals surface area contributed by atoms with Gasteiger partial charge < -0.3 is 15.7 Å². The van der Waals surface area contributed by atoms with E-state index in [1.54, 1.807) is 0 Å². The number of carboxylic acid groups (broad SMARTS) is 1. The van der Waals surface area contributed by atoms with E-state index < -0.39 is 18.0 Å². The summed E-state index contributed by atoms with van der Waals surface area (Å²) in [5, 5.41) is 17.0. The minimum atomic E-state index is -1.02. The Hall–Kier alpha value is -1.63. The van der Waals surface area contributed by atoms with Crippen LogP contribution in [0.2, 0.25) is 0 Å². The van der Waals surface area contributed by atoms with Crippen molar-refractivity contribution in [3.8, 4) is 0 Å². The summed E-state index contributed by atoms with van der Waals surface area (Å²) in [5.41, 5.74) is 0.905. The summed E-state index contributed by atoms with van der Waals surface area (Å²) < 4.78 is 0. The van der Waals surface area contributed by atoms with Crippen molar-refractivity contribution < 1.29 is 14.7 Å². The van der Waals surface area contributed by atoms with Crippen LogP contribution in [0.3, 0.4) is 0 Å². The second-order valence-corrected chi connectivity index (χ2v) is 6.08. The molecule has 0 bridgehead atoms. The Morgan fingerprint density at radius 2 is 2.00 bits per heavy atom. The molecule has 0 saturated heterocycles. The lowest BCUT2D eigenvalue weighted by Crippen LogP contribution is -2.47. The van der Waals surface area contributed by atoms with Crippen LogP contribution in [-0.4, -0.2) is 28.1 Å². The van der Waals surface area contributed by atoms with Crippen molar-refractivity contribution >= 4 is 23.3 Å². The minimum Gasteiger partial charge on any atom is -0.480 e. The van der Waals surface area contributed by atoms with Gasteiger partial charge in [0.1, 0.15) is 11.0 Å². The van der Waals surface area contributed by atoms with E-state index in [0.717, 1.165) is 10.7 Å². The van der Waals surface area contributed by atoms with E-state index in [9.17, 15) is 9.59 Å². The van der Waals surface area contributed by atoms with E-state index >= 15 is 0 Å². The monoisotopic (exact) mass is 299 g/mol. The van der Waals surface area contributed by atoms with Crippen LogP contribution in [0.15, 0.2) is 5.38 Å². The zero-order valence-electron chi connectivity index (χ0n) is 12.1. The lowest BCUT2D eigenvalue weighted by atomic mass is 10.0. The maximum Gasteiger partial charge on any atom is 0.326 e. The third-order valence-corrected chi connectivity index (χ3v) is 3.81. The number of hydrogen-bond acceptors (Lipinski definition) is 4. The van der Waals surface area contributed by atoms with Gasteiger partial charge in [0.15, 0.2) is 0 Å². The standard InChI is InChI=1S/C13H21N3O3S/c1-7(2)5-10(12(17)18)16-13(19)15-9(4)11-14-8(3)6-20-11/h6-7,9-10H,5H2,1-4H3,(H,17,18)(H2,15,16,19)/t9?,10-/m0/s1. The first-order valence-electron chi connectivity index (χ1n) is 6.51. The number of aliphatic carboxylic acids is 1. The summed E-state index contributed by atoms with van der Waals surface area (Å²) >= 11 is 1.47. The fraction of sp³-hybridized carbons (Fsp3) is 0.615. The van der Waals surface area contributed by atoms with Gasteiger partial charge in [-0.2, -0.15) is 0 Å². The Labute approximate surface area is 122 Å². The first-order chi connectivity index (χ1) is 9.29. The molecule has 0 radical (unpaired) electrons. The molecule has 3 N–H and O–H groups in total. The number of nitrogens with zero attached hydrogens (tertiary/aromatic N) is 1. The van der Waals surface area contributed by atoms with Crippen LogP contribution in [0, 0.1) is 12.8 Å². The van der Waals surface area contributed by atoms with E-state index in [2.05, 4.69) is 15.6 Å². The van der Waals surface area contributed by atoms with Crippen LogP contribution < -0.4 is 10.6 Å². The van der Waals surface area contributed by atoms with Gasteiger partial charge in [-0.05, 0) is 26.2 Å². The van der Waals surface area contributed by atoms with Gasteiger partial charge in [-0.25, -0.2) is 14.6 Å². The zero-order valence-corrected chi connectivity index (χ0v) is 13.0. The molecule has 7 heteroatoms. The van der Waals surface area contributed by atoms with Gasteiger partial charge in [0.05, 0.1) is 6.04 Å². The lowest BCUT2D eigenvalue weighted by molar-refractivity contribution is -0.139. The Morgan fingerprint density at radius 1 is 1.35 bits per heavy atom. The van der Waals surface area contributed by atoms with Crippen molar-refractivity contribution in [2.45, 2.75) is 46.2 Å². The summed E-state index contributed by atoms with van der Waals surface area (Å²) in [6, 6.07) is -1.61. The highest BCUT2D eigenvalue weighted by Crippen LogP contribution is 2.17. The second-order valence-electron chi connectivity index (χ2n) is 5.19. The van der Waals surface area contributed by atoms with E-state index in [1.165, 1.54) is 11.3 Å². The first kappa shape index (κ1) is 16.4. The van der Waals surface area contributed by atoms with Gasteiger partial charge in [0.2, 0.25) is 0 Å². The SMILES string of the molecule is Cc1csc(C(C)NC(=O)N[C@@H](CC(C)C)C(=O)O)n1. The molecule has 0 aromatic carbocycles. The molecule has 0 saturated carbocycles. The molecule has 2 amide bonds. The third-order valence-electron chi connectivity index (χ3n) is 2.67. The molecule has 1 rings (SSSR count). The number of hydrogen-bond donors (Lipinski definition) is 3. The van der Waals surface area contributed by atoms with Crippen molar-refractivity contribution in [3.05, 3.63) is 16.1 Å². The molecule has 1 aromatic rings. The van der Waals surface area contributed by atoms with E-state index in [0.29, 0.717) is 6.42 Å². The number of aromatic nitrogens is 1. The summed E-state index contributed by atoms with van der Waals surface area (Å²) in [4.78, 5) is 27.2. The van der Waals surface area contributed by atoms with Crippen molar-refractivity contribution in [1.29, 1.82) is 0 Å². The Morgan fingerprint density at radius 3 is 2.45 bits per heavy atom. The highest BCUT2D eigenvalue weighted by Gasteiger charge is 2.22. The quantitative estimate of drug-likeness (QED) is 0.751. The molecule has 0 spiro atoms. The van der Waals surface area contributed by atoms with Crippen LogP contribution in [0.25, 0.3) is 0 Å². The summed E-state index contributed by atoms with van der Waals surface area (Å²) in [7, 11) is 0. The summed E-state index contributed by atoms with van der Waals surface area (Å²) in [5.74, 6) is -0.831. The molecule has 1 unspecified atom stereocenters. The van der Waals surface area contributed by atoms with Crippen molar-refractivity contribution in [1.82, 2.24) is 15.6 Å². The summed E-state index contributed by atoms with van der Waals surface area (Å²) in [6.07, 6.45) is 0.396. The van der Waals surface area contributed by atoms with Gasteiger partial charge in [-0.1, -0.05) is 13.8 Å². The van der Waals surface area contributed by atoms with Crippen LogP contribution in [0.4, 0.5) is 4.79 Å². The van der Waals surface area contributed by atoms with E-state index in [4.69, 9.17) is 5.11 Å². The fourth-order valence-corrected chi connectivity index (χ4v) is 2.53. The number of carbonyl (C=O) groups is 2. The van der Waals surface area contributed by atoms with Crippen molar-refractivity contribution in [3.63, 3.8) is 0 Å². The Bertz CT molecular complexity index is 473. The molecule has 0 fully saturated rings. The number of rotatable bonds is 6. The predicted molar refractivity (Wildman–Crippen MR) is 77.8 cm³/mol. The summed E-state index contributed by atoms with van der Waals surface area (Å²) in [6.45, 7) is 7.53. The first-order valence-corrected chi connectivity index (χ1v) is 7.39. The fourth-order valence-electron chi connectivity index (χ4n) is 1.72. The lowest BCUT2D eigenvalue weighted by Gasteiger charge is -2.18. The normalized spacial score (nSPS) is 13.8. The molecule has 6 nitrogen and oxygen atoms in total. The number of urea groups is 1. The van der Waals surface area contributed by atoms with Gasteiger partial charge in [-0.3, -0.25) is 0 Å². The number of carboxylic acids is 1.